The summed E-state index contributed by atoms with van der Waals surface area (Å²) in [5, 5.41) is 7.83. The first kappa shape index (κ1) is 13.0. The summed E-state index contributed by atoms with van der Waals surface area (Å²) in [5.74, 6) is 0.957. The molecule has 1 saturated heterocycles. The molecule has 0 saturated carbocycles. The fourth-order valence-electron chi connectivity index (χ4n) is 2.89. The Morgan fingerprint density at radius 3 is 3.14 bits per heavy atom. The molecule has 0 spiro atoms. The van der Waals surface area contributed by atoms with Gasteiger partial charge in [-0.1, -0.05) is 12.1 Å². The topological polar surface area (TPSA) is 96.7 Å². The number of piperidine rings is 1. The molecular formula is C15H15N5O2. The second-order valence-corrected chi connectivity index (χ2v) is 5.86. The summed E-state index contributed by atoms with van der Waals surface area (Å²) in [6.07, 6.45) is 4.70. The van der Waals surface area contributed by atoms with Crippen molar-refractivity contribution < 1.29 is 9.32 Å². The number of pyridine rings is 1. The Hall–Kier alpha value is -2.70. The van der Waals surface area contributed by atoms with Gasteiger partial charge in [0.05, 0.1) is 5.41 Å². The van der Waals surface area contributed by atoms with Crippen molar-refractivity contribution >= 4 is 16.8 Å². The number of hydrogen-bond acceptors (Lipinski definition) is 5. The van der Waals surface area contributed by atoms with E-state index in [1.54, 1.807) is 6.20 Å². The first-order valence-corrected chi connectivity index (χ1v) is 7.19. The second-order valence-electron chi connectivity index (χ2n) is 5.86. The van der Waals surface area contributed by atoms with Gasteiger partial charge in [-0.2, -0.15) is 4.98 Å². The summed E-state index contributed by atoms with van der Waals surface area (Å²) in [4.78, 5) is 23.7. The largest absolute Gasteiger partial charge is 0.361 e. The minimum absolute atomic E-state index is 0.0133. The third-order valence-electron chi connectivity index (χ3n) is 4.18. The fraction of sp³-hybridized carbons (Fsp3) is 0.333. The molecule has 1 aliphatic rings. The molecule has 1 atom stereocenters. The summed E-state index contributed by atoms with van der Waals surface area (Å²) >= 11 is 0. The van der Waals surface area contributed by atoms with Gasteiger partial charge in [0.2, 0.25) is 17.6 Å². The van der Waals surface area contributed by atoms with Crippen molar-refractivity contribution in [3.63, 3.8) is 0 Å². The lowest BCUT2D eigenvalue weighted by Gasteiger charge is -2.29. The van der Waals surface area contributed by atoms with Crippen LogP contribution in [0.3, 0.4) is 0 Å². The normalized spacial score (nSPS) is 22.0. The van der Waals surface area contributed by atoms with Crippen molar-refractivity contribution in [2.45, 2.75) is 25.2 Å². The Kier molecular flexibility index (Phi) is 2.75. The number of carbonyl (C=O) groups excluding carboxylic acids is 1. The number of amides is 1. The van der Waals surface area contributed by atoms with Crippen molar-refractivity contribution in [1.82, 2.24) is 25.4 Å². The molecule has 1 amide bonds. The first-order chi connectivity index (χ1) is 10.7. The molecule has 0 aliphatic carbocycles. The third-order valence-corrected chi connectivity index (χ3v) is 4.18. The molecule has 22 heavy (non-hydrogen) atoms. The van der Waals surface area contributed by atoms with E-state index in [-0.39, 0.29) is 5.91 Å². The van der Waals surface area contributed by atoms with Crippen LogP contribution in [0.25, 0.3) is 22.4 Å². The van der Waals surface area contributed by atoms with Gasteiger partial charge in [0.25, 0.3) is 0 Å². The fourth-order valence-corrected chi connectivity index (χ4v) is 2.89. The lowest BCUT2D eigenvalue weighted by atomic mass is 9.80. The van der Waals surface area contributed by atoms with Crippen LogP contribution in [0.5, 0.6) is 0 Å². The molecule has 3 aromatic heterocycles. The minimum Gasteiger partial charge on any atom is -0.361 e. The van der Waals surface area contributed by atoms with Crippen LogP contribution in [0.1, 0.15) is 25.7 Å². The number of aromatic nitrogens is 4. The zero-order chi connectivity index (χ0) is 15.2. The molecule has 112 valence electrons. The van der Waals surface area contributed by atoms with Crippen LogP contribution in [0.15, 0.2) is 29.0 Å². The highest BCUT2D eigenvalue weighted by Gasteiger charge is 2.38. The Labute approximate surface area is 126 Å². The van der Waals surface area contributed by atoms with E-state index >= 15 is 0 Å². The molecule has 4 heterocycles. The summed E-state index contributed by atoms with van der Waals surface area (Å²) in [5.41, 5.74) is 1.23. The van der Waals surface area contributed by atoms with Gasteiger partial charge < -0.3 is 14.8 Å². The molecule has 2 N–H and O–H groups in total. The van der Waals surface area contributed by atoms with Crippen LogP contribution in [0.2, 0.25) is 0 Å². The number of H-pyrrole nitrogens is 1. The van der Waals surface area contributed by atoms with Gasteiger partial charge in [-0.3, -0.25) is 9.78 Å². The molecule has 0 radical (unpaired) electrons. The van der Waals surface area contributed by atoms with E-state index in [1.165, 1.54) is 0 Å². The van der Waals surface area contributed by atoms with E-state index in [9.17, 15) is 4.79 Å². The summed E-state index contributed by atoms with van der Waals surface area (Å²) in [6.45, 7) is 2.60. The number of carbonyl (C=O) groups is 1. The van der Waals surface area contributed by atoms with Crippen LogP contribution >= 0.6 is 0 Å². The van der Waals surface area contributed by atoms with Crippen LogP contribution in [0.4, 0.5) is 0 Å². The van der Waals surface area contributed by atoms with Crippen molar-refractivity contribution in [2.24, 2.45) is 0 Å². The first-order valence-electron chi connectivity index (χ1n) is 7.19. The van der Waals surface area contributed by atoms with Gasteiger partial charge in [0, 0.05) is 36.3 Å². The zero-order valence-corrected chi connectivity index (χ0v) is 12.1. The molecule has 0 bridgehead atoms. The average molecular weight is 297 g/mol. The average Bonchev–Trinajstić information content (AvgIpc) is 3.16. The lowest BCUT2D eigenvalue weighted by molar-refractivity contribution is -0.124. The van der Waals surface area contributed by atoms with E-state index in [4.69, 9.17) is 4.52 Å². The number of aromatic amines is 1. The van der Waals surface area contributed by atoms with Crippen molar-refractivity contribution in [3.05, 3.63) is 30.4 Å². The minimum atomic E-state index is -0.417. The predicted molar refractivity (Wildman–Crippen MR) is 79.0 cm³/mol. The van der Waals surface area contributed by atoms with Gasteiger partial charge in [-0.15, -0.1) is 0 Å². The Balaban J connectivity index is 1.75. The van der Waals surface area contributed by atoms with Crippen molar-refractivity contribution in [2.75, 3.05) is 6.54 Å². The van der Waals surface area contributed by atoms with E-state index < -0.39 is 5.41 Å². The quantitative estimate of drug-likeness (QED) is 0.751. The monoisotopic (exact) mass is 297 g/mol. The van der Waals surface area contributed by atoms with Crippen LogP contribution < -0.4 is 5.32 Å². The van der Waals surface area contributed by atoms with Crippen LogP contribution in [-0.2, 0) is 10.2 Å². The molecule has 3 aromatic rings. The smallest absolute Gasteiger partial charge is 0.233 e. The number of hydrogen-bond donors (Lipinski definition) is 2. The molecular weight excluding hydrogens is 282 g/mol. The molecule has 0 unspecified atom stereocenters. The summed E-state index contributed by atoms with van der Waals surface area (Å²) < 4.78 is 5.44. The maximum Gasteiger partial charge on any atom is 0.233 e. The second kappa shape index (κ2) is 4.66. The van der Waals surface area contributed by atoms with Gasteiger partial charge in [0.1, 0.15) is 5.69 Å². The van der Waals surface area contributed by atoms with Gasteiger partial charge in [-0.05, 0) is 18.6 Å². The maximum atomic E-state index is 11.7. The zero-order valence-electron chi connectivity index (χ0n) is 12.1. The molecule has 7 heteroatoms. The predicted octanol–water partition coefficient (Wildman–Crippen LogP) is 1.78. The highest BCUT2D eigenvalue weighted by Crippen LogP contribution is 2.33. The summed E-state index contributed by atoms with van der Waals surface area (Å²) in [6, 6.07) is 3.83. The van der Waals surface area contributed by atoms with E-state index in [1.807, 2.05) is 25.3 Å². The van der Waals surface area contributed by atoms with Gasteiger partial charge in [-0.25, -0.2) is 0 Å². The van der Waals surface area contributed by atoms with E-state index in [2.05, 4.69) is 25.4 Å². The Morgan fingerprint density at radius 1 is 1.36 bits per heavy atom. The number of fused-ring (bicyclic) bond motifs is 1. The molecule has 4 rings (SSSR count). The standard InChI is InChI=1S/C15H15N5O2/c1-15(4-7-17-11(21)8-15)14-19-13(20-22-14)12-9-2-5-16-10(9)3-6-18-12/h2-3,5-6,16H,4,7-8H2,1H3,(H,17,21)/t15-/m0/s1. The highest BCUT2D eigenvalue weighted by atomic mass is 16.5. The maximum absolute atomic E-state index is 11.7. The van der Waals surface area contributed by atoms with Gasteiger partial charge in [0.15, 0.2) is 0 Å². The highest BCUT2D eigenvalue weighted by molar-refractivity contribution is 5.90. The molecule has 1 aliphatic heterocycles. The Bertz CT molecular complexity index is 852. The van der Waals surface area contributed by atoms with Crippen molar-refractivity contribution in [1.29, 1.82) is 0 Å². The number of nitrogens with zero attached hydrogens (tertiary/aromatic N) is 3. The summed E-state index contributed by atoms with van der Waals surface area (Å²) in [7, 11) is 0. The van der Waals surface area contributed by atoms with E-state index in [0.29, 0.717) is 30.4 Å². The lowest BCUT2D eigenvalue weighted by Crippen LogP contribution is -2.41. The molecule has 0 aromatic carbocycles. The third kappa shape index (κ3) is 1.97. The van der Waals surface area contributed by atoms with Crippen LogP contribution in [0, 0.1) is 0 Å². The van der Waals surface area contributed by atoms with Gasteiger partial charge >= 0.3 is 0 Å². The Morgan fingerprint density at radius 2 is 2.27 bits per heavy atom. The van der Waals surface area contributed by atoms with Crippen LogP contribution in [-0.4, -0.2) is 32.6 Å². The molecule has 1 fully saturated rings. The SMILES string of the molecule is C[C@]1(c2nc(-c3nccc4[nH]ccc34)no2)CCNC(=O)C1. The van der Waals surface area contributed by atoms with E-state index in [0.717, 1.165) is 17.3 Å². The number of nitrogens with one attached hydrogen (secondary N) is 2. The van der Waals surface area contributed by atoms with Crippen molar-refractivity contribution in [3.8, 4) is 11.5 Å². The number of rotatable bonds is 2. The molecule has 7 nitrogen and oxygen atoms in total.